The number of anilines is 4. The van der Waals surface area contributed by atoms with Crippen LogP contribution in [-0.4, -0.2) is 8.32 Å². The molecule has 0 aliphatic rings. The maximum atomic E-state index is 5.98. The highest BCUT2D eigenvalue weighted by Gasteiger charge is 2.15. The van der Waals surface area contributed by atoms with Gasteiger partial charge in [-0.2, -0.15) is 0 Å². The van der Waals surface area contributed by atoms with Crippen molar-refractivity contribution in [2.24, 2.45) is 0 Å². The topological polar surface area (TPSA) is 33.3 Å². The Bertz CT molecular complexity index is 794. The van der Waals surface area contributed by atoms with Gasteiger partial charge < -0.3 is 15.1 Å². The molecule has 0 saturated heterocycles. The number of nitrogens with one attached hydrogen (secondary N) is 2. The molecule has 0 aromatic heterocycles. The zero-order valence-electron chi connectivity index (χ0n) is 14.9. The highest BCUT2D eigenvalue weighted by molar-refractivity contribution is 6.70. The number of para-hydroxylation sites is 1. The molecule has 0 saturated carbocycles. The predicted molar refractivity (Wildman–Crippen MR) is 110 cm³/mol. The maximum Gasteiger partial charge on any atom is 0.242 e. The molecule has 0 fully saturated rings. The molecule has 25 heavy (non-hydrogen) atoms. The van der Waals surface area contributed by atoms with Crippen LogP contribution in [0, 0.1) is 0 Å². The maximum absolute atomic E-state index is 5.98. The van der Waals surface area contributed by atoms with Crippen LogP contribution in [0.3, 0.4) is 0 Å². The van der Waals surface area contributed by atoms with E-state index in [0.29, 0.717) is 0 Å². The molecule has 128 valence electrons. The largest absolute Gasteiger partial charge is 0.544 e. The van der Waals surface area contributed by atoms with Crippen molar-refractivity contribution < 1.29 is 4.43 Å². The summed E-state index contributed by atoms with van der Waals surface area (Å²) < 4.78 is 5.98. The third-order valence-corrected chi connectivity index (χ3v) is 4.36. The minimum absolute atomic E-state index is 0.937. The number of hydrogen-bond acceptors (Lipinski definition) is 3. The normalized spacial score (nSPS) is 11.0. The van der Waals surface area contributed by atoms with Gasteiger partial charge in [-0.1, -0.05) is 18.2 Å². The van der Waals surface area contributed by atoms with Gasteiger partial charge in [-0.05, 0) is 80.3 Å². The Morgan fingerprint density at radius 1 is 0.560 bits per heavy atom. The van der Waals surface area contributed by atoms with Crippen LogP contribution in [0.1, 0.15) is 0 Å². The van der Waals surface area contributed by atoms with Crippen molar-refractivity contribution >= 4 is 31.1 Å². The summed E-state index contributed by atoms with van der Waals surface area (Å²) in [5.74, 6) is 0.937. The Morgan fingerprint density at radius 3 is 1.40 bits per heavy atom. The third kappa shape index (κ3) is 5.40. The van der Waals surface area contributed by atoms with Crippen molar-refractivity contribution in [3.63, 3.8) is 0 Å². The molecule has 0 radical (unpaired) electrons. The Kier molecular flexibility index (Phi) is 5.10. The fourth-order valence-electron chi connectivity index (χ4n) is 2.45. The lowest BCUT2D eigenvalue weighted by Gasteiger charge is -2.19. The quantitative estimate of drug-likeness (QED) is 0.507. The van der Waals surface area contributed by atoms with Crippen molar-refractivity contribution in [3.8, 4) is 5.75 Å². The lowest BCUT2D eigenvalue weighted by molar-refractivity contribution is 0.558. The van der Waals surface area contributed by atoms with E-state index in [4.69, 9.17) is 4.43 Å². The molecule has 0 spiro atoms. The first-order valence-electron chi connectivity index (χ1n) is 8.46. The van der Waals surface area contributed by atoms with Crippen LogP contribution in [0.25, 0.3) is 0 Å². The first kappa shape index (κ1) is 17.1. The van der Waals surface area contributed by atoms with E-state index in [0.717, 1.165) is 28.5 Å². The van der Waals surface area contributed by atoms with Gasteiger partial charge in [0.2, 0.25) is 8.32 Å². The third-order valence-electron chi connectivity index (χ3n) is 3.51. The van der Waals surface area contributed by atoms with E-state index < -0.39 is 8.32 Å². The molecule has 0 atom stereocenters. The van der Waals surface area contributed by atoms with E-state index in [1.165, 1.54) is 0 Å². The van der Waals surface area contributed by atoms with Crippen LogP contribution >= 0.6 is 0 Å². The first-order chi connectivity index (χ1) is 12.0. The van der Waals surface area contributed by atoms with E-state index in [-0.39, 0.29) is 0 Å². The molecule has 0 unspecified atom stereocenters. The van der Waals surface area contributed by atoms with E-state index in [1.807, 2.05) is 42.5 Å². The minimum atomic E-state index is -1.56. The first-order valence-corrected chi connectivity index (χ1v) is 11.9. The van der Waals surface area contributed by atoms with Gasteiger partial charge in [-0.15, -0.1) is 0 Å². The standard InChI is InChI=1S/C21H24N2OSi/c1-25(2,3)24-21-15-13-20(14-16-21)23-19-11-9-18(10-12-19)22-17-7-5-4-6-8-17/h4-16,22-23H,1-3H3. The highest BCUT2D eigenvalue weighted by atomic mass is 28.4. The molecule has 3 nitrogen and oxygen atoms in total. The zero-order chi connectivity index (χ0) is 17.7. The predicted octanol–water partition coefficient (Wildman–Crippen LogP) is 6.39. The van der Waals surface area contributed by atoms with Gasteiger partial charge in [-0.3, -0.25) is 0 Å². The van der Waals surface area contributed by atoms with E-state index in [2.05, 4.69) is 66.7 Å². The Morgan fingerprint density at radius 2 is 0.960 bits per heavy atom. The van der Waals surface area contributed by atoms with Crippen LogP contribution in [0.15, 0.2) is 78.9 Å². The summed E-state index contributed by atoms with van der Waals surface area (Å²) in [4.78, 5) is 0. The smallest absolute Gasteiger partial charge is 0.242 e. The van der Waals surface area contributed by atoms with Crippen LogP contribution < -0.4 is 15.1 Å². The second-order valence-corrected chi connectivity index (χ2v) is 11.4. The van der Waals surface area contributed by atoms with Gasteiger partial charge in [0, 0.05) is 22.7 Å². The monoisotopic (exact) mass is 348 g/mol. The molecule has 3 rings (SSSR count). The molecular formula is C21H24N2OSi. The molecule has 3 aromatic rings. The molecule has 4 heteroatoms. The van der Waals surface area contributed by atoms with Gasteiger partial charge in [0.15, 0.2) is 0 Å². The summed E-state index contributed by atoms with van der Waals surface area (Å²) in [5.41, 5.74) is 4.25. The van der Waals surface area contributed by atoms with Gasteiger partial charge in [0.25, 0.3) is 0 Å². The van der Waals surface area contributed by atoms with Crippen LogP contribution in [0.4, 0.5) is 22.7 Å². The second kappa shape index (κ2) is 7.45. The van der Waals surface area contributed by atoms with E-state index >= 15 is 0 Å². The molecule has 3 aromatic carbocycles. The summed E-state index contributed by atoms with van der Waals surface area (Å²) in [6.45, 7) is 6.55. The zero-order valence-corrected chi connectivity index (χ0v) is 15.9. The van der Waals surface area contributed by atoms with E-state index in [9.17, 15) is 0 Å². The molecular weight excluding hydrogens is 324 g/mol. The number of benzene rings is 3. The van der Waals surface area contributed by atoms with Gasteiger partial charge in [-0.25, -0.2) is 0 Å². The highest BCUT2D eigenvalue weighted by Crippen LogP contribution is 2.24. The van der Waals surface area contributed by atoms with Crippen molar-refractivity contribution in [3.05, 3.63) is 78.9 Å². The van der Waals surface area contributed by atoms with Crippen LogP contribution in [0.2, 0.25) is 19.6 Å². The van der Waals surface area contributed by atoms with Crippen LogP contribution in [0.5, 0.6) is 5.75 Å². The Labute approximate surface area is 150 Å². The minimum Gasteiger partial charge on any atom is -0.544 e. The van der Waals surface area contributed by atoms with Gasteiger partial charge in [0.05, 0.1) is 0 Å². The van der Waals surface area contributed by atoms with Crippen molar-refractivity contribution in [2.75, 3.05) is 10.6 Å². The summed E-state index contributed by atoms with van der Waals surface area (Å²) in [7, 11) is -1.56. The summed E-state index contributed by atoms with van der Waals surface area (Å²) in [6.07, 6.45) is 0. The molecule has 0 amide bonds. The number of rotatable bonds is 6. The van der Waals surface area contributed by atoms with Crippen molar-refractivity contribution in [2.45, 2.75) is 19.6 Å². The molecule has 0 bridgehead atoms. The summed E-state index contributed by atoms with van der Waals surface area (Å²) >= 11 is 0. The summed E-state index contributed by atoms with van der Waals surface area (Å²) in [6, 6.07) is 26.6. The average Bonchev–Trinajstić information content (AvgIpc) is 2.58. The fraction of sp³-hybridized carbons (Fsp3) is 0.143. The van der Waals surface area contributed by atoms with Crippen molar-refractivity contribution in [1.82, 2.24) is 0 Å². The van der Waals surface area contributed by atoms with Gasteiger partial charge in [0.1, 0.15) is 5.75 Å². The Balaban J connectivity index is 1.61. The molecule has 0 heterocycles. The molecule has 0 aliphatic heterocycles. The lowest BCUT2D eigenvalue weighted by atomic mass is 10.2. The summed E-state index contributed by atoms with van der Waals surface area (Å²) in [5, 5.41) is 6.80. The van der Waals surface area contributed by atoms with Gasteiger partial charge >= 0.3 is 0 Å². The lowest BCUT2D eigenvalue weighted by Crippen LogP contribution is -2.29. The average molecular weight is 349 g/mol. The van der Waals surface area contributed by atoms with Crippen LogP contribution in [-0.2, 0) is 0 Å². The SMILES string of the molecule is C[Si](C)(C)Oc1ccc(Nc2ccc(Nc3ccccc3)cc2)cc1. The van der Waals surface area contributed by atoms with Crippen molar-refractivity contribution in [1.29, 1.82) is 0 Å². The Hall–Kier alpha value is -2.72. The molecule has 0 aliphatic carbocycles. The molecule has 2 N–H and O–H groups in total. The second-order valence-electron chi connectivity index (χ2n) is 6.93. The van der Waals surface area contributed by atoms with E-state index in [1.54, 1.807) is 0 Å². The fourth-order valence-corrected chi connectivity index (χ4v) is 3.29. The number of hydrogen-bond donors (Lipinski definition) is 2.